The molecule has 2 rings (SSSR count). The third-order valence-corrected chi connectivity index (χ3v) is 3.43. The van der Waals surface area contributed by atoms with E-state index in [0.29, 0.717) is 6.04 Å². The molecule has 0 saturated heterocycles. The van der Waals surface area contributed by atoms with Gasteiger partial charge in [0.1, 0.15) is 0 Å². The summed E-state index contributed by atoms with van der Waals surface area (Å²) < 4.78 is 2.22. The third kappa shape index (κ3) is 3.67. The summed E-state index contributed by atoms with van der Waals surface area (Å²) in [6, 6.07) is 9.06. The summed E-state index contributed by atoms with van der Waals surface area (Å²) in [4.78, 5) is 4.23. The van der Waals surface area contributed by atoms with Crippen LogP contribution in [0.1, 0.15) is 43.1 Å². The first-order valence-corrected chi connectivity index (χ1v) is 6.99. The highest BCUT2D eigenvalue weighted by molar-refractivity contribution is 5.23. The Morgan fingerprint density at radius 2 is 2.00 bits per heavy atom. The lowest BCUT2D eigenvalue weighted by Gasteiger charge is -2.15. The molecule has 0 radical (unpaired) electrons. The van der Waals surface area contributed by atoms with E-state index in [9.17, 15) is 0 Å². The molecule has 3 nitrogen and oxygen atoms in total. The van der Waals surface area contributed by atoms with Crippen molar-refractivity contribution in [3.63, 3.8) is 0 Å². The van der Waals surface area contributed by atoms with Crippen LogP contribution in [0.15, 0.2) is 36.8 Å². The Bertz CT molecular complexity index is 499. The molecule has 0 spiro atoms. The lowest BCUT2D eigenvalue weighted by atomic mass is 10.1. The van der Waals surface area contributed by atoms with Crippen LogP contribution in [0.25, 0.3) is 0 Å². The molecule has 0 aliphatic heterocycles. The summed E-state index contributed by atoms with van der Waals surface area (Å²) in [6.07, 6.45) is 5.00. The van der Waals surface area contributed by atoms with Crippen LogP contribution in [0.2, 0.25) is 0 Å². The predicted molar refractivity (Wildman–Crippen MR) is 79.0 cm³/mol. The van der Waals surface area contributed by atoms with Crippen molar-refractivity contribution in [1.82, 2.24) is 14.9 Å². The largest absolute Gasteiger partial charge is 0.333 e. The zero-order valence-electron chi connectivity index (χ0n) is 12.1. The third-order valence-electron chi connectivity index (χ3n) is 3.43. The molecule has 2 aromatic rings. The van der Waals surface area contributed by atoms with Crippen molar-refractivity contribution in [3.05, 3.63) is 53.6 Å². The first-order chi connectivity index (χ1) is 9.20. The van der Waals surface area contributed by atoms with E-state index < -0.39 is 0 Å². The second kappa shape index (κ2) is 6.53. The van der Waals surface area contributed by atoms with Crippen LogP contribution in [0.3, 0.4) is 0 Å². The van der Waals surface area contributed by atoms with E-state index in [1.807, 2.05) is 12.5 Å². The van der Waals surface area contributed by atoms with Gasteiger partial charge in [0.05, 0.1) is 12.0 Å². The monoisotopic (exact) mass is 257 g/mol. The summed E-state index contributed by atoms with van der Waals surface area (Å²) in [5, 5.41) is 3.56. The molecule has 0 aliphatic carbocycles. The average Bonchev–Trinajstić information content (AvgIpc) is 2.85. The second-order valence-electron chi connectivity index (χ2n) is 5.09. The van der Waals surface area contributed by atoms with Crippen LogP contribution in [-0.2, 0) is 13.1 Å². The van der Waals surface area contributed by atoms with Gasteiger partial charge in [-0.05, 0) is 25.8 Å². The van der Waals surface area contributed by atoms with E-state index >= 15 is 0 Å². The highest BCUT2D eigenvalue weighted by atomic mass is 15.1. The van der Waals surface area contributed by atoms with Crippen LogP contribution < -0.4 is 5.32 Å². The number of nitrogens with zero attached hydrogens (tertiary/aromatic N) is 2. The van der Waals surface area contributed by atoms with Gasteiger partial charge in [0.2, 0.25) is 0 Å². The van der Waals surface area contributed by atoms with E-state index in [4.69, 9.17) is 0 Å². The van der Waals surface area contributed by atoms with E-state index in [2.05, 4.69) is 59.9 Å². The summed E-state index contributed by atoms with van der Waals surface area (Å²) in [7, 11) is 0. The van der Waals surface area contributed by atoms with Crippen LogP contribution in [0, 0.1) is 6.92 Å². The molecule has 1 heterocycles. The molecule has 0 saturated carbocycles. The van der Waals surface area contributed by atoms with E-state index in [-0.39, 0.29) is 0 Å². The van der Waals surface area contributed by atoms with Crippen molar-refractivity contribution < 1.29 is 0 Å². The Morgan fingerprint density at radius 3 is 2.68 bits per heavy atom. The van der Waals surface area contributed by atoms with Gasteiger partial charge < -0.3 is 9.88 Å². The van der Waals surface area contributed by atoms with E-state index in [0.717, 1.165) is 19.5 Å². The van der Waals surface area contributed by atoms with Gasteiger partial charge in [0, 0.05) is 25.3 Å². The SMILES string of the molecule is CCCn1cncc1CNC(C)c1ccc(C)cc1. The Morgan fingerprint density at radius 1 is 1.26 bits per heavy atom. The first-order valence-electron chi connectivity index (χ1n) is 6.99. The smallest absolute Gasteiger partial charge is 0.0948 e. The predicted octanol–water partition coefficient (Wildman–Crippen LogP) is 3.45. The molecule has 0 bridgehead atoms. The van der Waals surface area contributed by atoms with Crippen LogP contribution in [0.4, 0.5) is 0 Å². The number of hydrogen-bond acceptors (Lipinski definition) is 2. The molecule has 0 amide bonds. The highest BCUT2D eigenvalue weighted by Crippen LogP contribution is 2.14. The van der Waals surface area contributed by atoms with Gasteiger partial charge in [-0.25, -0.2) is 4.98 Å². The van der Waals surface area contributed by atoms with Crippen molar-refractivity contribution in [2.24, 2.45) is 0 Å². The van der Waals surface area contributed by atoms with Gasteiger partial charge in [-0.2, -0.15) is 0 Å². The van der Waals surface area contributed by atoms with E-state index in [1.54, 1.807) is 0 Å². The highest BCUT2D eigenvalue weighted by Gasteiger charge is 2.06. The Kier molecular flexibility index (Phi) is 4.74. The molecule has 19 heavy (non-hydrogen) atoms. The lowest BCUT2D eigenvalue weighted by Crippen LogP contribution is -2.20. The number of nitrogens with one attached hydrogen (secondary N) is 1. The fourth-order valence-corrected chi connectivity index (χ4v) is 2.17. The summed E-state index contributed by atoms with van der Waals surface area (Å²) >= 11 is 0. The second-order valence-corrected chi connectivity index (χ2v) is 5.09. The Hall–Kier alpha value is -1.61. The number of benzene rings is 1. The minimum Gasteiger partial charge on any atom is -0.333 e. The zero-order chi connectivity index (χ0) is 13.7. The number of imidazole rings is 1. The van der Waals surface area contributed by atoms with Crippen molar-refractivity contribution in [2.45, 2.75) is 46.3 Å². The minimum absolute atomic E-state index is 0.352. The van der Waals surface area contributed by atoms with Gasteiger partial charge in [-0.3, -0.25) is 0 Å². The van der Waals surface area contributed by atoms with Gasteiger partial charge in [0.25, 0.3) is 0 Å². The quantitative estimate of drug-likeness (QED) is 0.859. The molecule has 3 heteroatoms. The molecular weight excluding hydrogens is 234 g/mol. The maximum Gasteiger partial charge on any atom is 0.0948 e. The number of aryl methyl sites for hydroxylation is 2. The number of rotatable bonds is 6. The van der Waals surface area contributed by atoms with Crippen molar-refractivity contribution >= 4 is 0 Å². The molecule has 0 aliphatic rings. The summed E-state index contributed by atoms with van der Waals surface area (Å²) in [5.74, 6) is 0. The Labute approximate surface area is 115 Å². The molecule has 1 N–H and O–H groups in total. The molecular formula is C16H23N3. The lowest BCUT2D eigenvalue weighted by molar-refractivity contribution is 0.541. The molecule has 1 aromatic heterocycles. The minimum atomic E-state index is 0.352. The molecule has 1 aromatic carbocycles. The molecule has 0 fully saturated rings. The number of aromatic nitrogens is 2. The van der Waals surface area contributed by atoms with Crippen molar-refractivity contribution in [1.29, 1.82) is 0 Å². The van der Waals surface area contributed by atoms with Crippen LogP contribution in [-0.4, -0.2) is 9.55 Å². The topological polar surface area (TPSA) is 29.9 Å². The van der Waals surface area contributed by atoms with Gasteiger partial charge in [0.15, 0.2) is 0 Å². The van der Waals surface area contributed by atoms with Gasteiger partial charge in [-0.1, -0.05) is 36.8 Å². The van der Waals surface area contributed by atoms with Gasteiger partial charge >= 0.3 is 0 Å². The van der Waals surface area contributed by atoms with Gasteiger partial charge in [-0.15, -0.1) is 0 Å². The normalized spacial score (nSPS) is 12.6. The molecule has 1 unspecified atom stereocenters. The standard InChI is InChI=1S/C16H23N3/c1-4-9-19-12-17-10-16(19)11-18-14(3)15-7-5-13(2)6-8-15/h5-8,10,12,14,18H,4,9,11H2,1-3H3. The molecule has 1 atom stereocenters. The Balaban J connectivity index is 1.94. The maximum absolute atomic E-state index is 4.23. The number of hydrogen-bond donors (Lipinski definition) is 1. The zero-order valence-corrected chi connectivity index (χ0v) is 12.1. The van der Waals surface area contributed by atoms with Crippen molar-refractivity contribution in [2.75, 3.05) is 0 Å². The molecule has 102 valence electrons. The van der Waals surface area contributed by atoms with Crippen molar-refractivity contribution in [3.8, 4) is 0 Å². The first kappa shape index (κ1) is 13.8. The fraction of sp³-hybridized carbons (Fsp3) is 0.438. The average molecular weight is 257 g/mol. The van der Waals surface area contributed by atoms with E-state index in [1.165, 1.54) is 16.8 Å². The summed E-state index contributed by atoms with van der Waals surface area (Å²) in [5.41, 5.74) is 3.88. The maximum atomic E-state index is 4.23. The fourth-order valence-electron chi connectivity index (χ4n) is 2.17. The van der Waals surface area contributed by atoms with Crippen LogP contribution >= 0.6 is 0 Å². The summed E-state index contributed by atoms with van der Waals surface area (Å²) in [6.45, 7) is 8.40. The van der Waals surface area contributed by atoms with Crippen LogP contribution in [0.5, 0.6) is 0 Å².